The molecule has 102 valence electrons. The van der Waals surface area contributed by atoms with Crippen LogP contribution in [0.15, 0.2) is 42.5 Å². The molecule has 0 amide bonds. The van der Waals surface area contributed by atoms with Gasteiger partial charge in [-0.15, -0.1) is 11.3 Å². The molecule has 3 aromatic rings. The molecule has 2 aromatic carbocycles. The van der Waals surface area contributed by atoms with Crippen LogP contribution in [-0.4, -0.2) is 0 Å². The van der Waals surface area contributed by atoms with Crippen LogP contribution in [0.2, 0.25) is 0 Å². The van der Waals surface area contributed by atoms with Gasteiger partial charge in [-0.25, -0.2) is 4.39 Å². The van der Waals surface area contributed by atoms with Crippen molar-refractivity contribution in [2.75, 3.05) is 0 Å². The van der Waals surface area contributed by atoms with E-state index in [1.54, 1.807) is 23.5 Å². The number of aryl methyl sites for hydroxylation is 2. The third-order valence-corrected chi connectivity index (χ3v) is 4.59. The van der Waals surface area contributed by atoms with Gasteiger partial charge in [0.1, 0.15) is 5.82 Å². The topological polar surface area (TPSA) is 26.0 Å². The summed E-state index contributed by atoms with van der Waals surface area (Å²) in [5.41, 5.74) is 9.90. The highest BCUT2D eigenvalue weighted by atomic mass is 32.1. The van der Waals surface area contributed by atoms with Gasteiger partial charge >= 0.3 is 0 Å². The summed E-state index contributed by atoms with van der Waals surface area (Å²) < 4.78 is 14.2. The number of thiophene rings is 1. The third-order valence-electron chi connectivity index (χ3n) is 3.41. The fourth-order valence-electron chi connectivity index (χ4n) is 2.53. The molecular formula is C17H16FNS. The second-order valence-electron chi connectivity index (χ2n) is 5.23. The Morgan fingerprint density at radius 3 is 2.40 bits per heavy atom. The van der Waals surface area contributed by atoms with Gasteiger partial charge in [0.05, 0.1) is 6.04 Å². The lowest BCUT2D eigenvalue weighted by Crippen LogP contribution is -2.10. The normalized spacial score (nSPS) is 12.8. The van der Waals surface area contributed by atoms with Crippen LogP contribution in [0.3, 0.4) is 0 Å². The predicted molar refractivity (Wildman–Crippen MR) is 83.7 cm³/mol. The maximum absolute atomic E-state index is 13.3. The molecule has 0 saturated carbocycles. The summed E-state index contributed by atoms with van der Waals surface area (Å²) in [6.45, 7) is 4.15. The SMILES string of the molecule is Cc1cc(C)cc(C(N)c2cc3ccc(F)cc3s2)c1. The lowest BCUT2D eigenvalue weighted by molar-refractivity contribution is 0.630. The highest BCUT2D eigenvalue weighted by Crippen LogP contribution is 2.32. The molecule has 20 heavy (non-hydrogen) atoms. The van der Waals surface area contributed by atoms with Crippen LogP contribution in [-0.2, 0) is 0 Å². The Morgan fingerprint density at radius 1 is 1.00 bits per heavy atom. The number of hydrogen-bond donors (Lipinski definition) is 1. The number of benzene rings is 2. The minimum atomic E-state index is -0.203. The summed E-state index contributed by atoms with van der Waals surface area (Å²) in [6, 6.07) is 13.1. The fourth-order valence-corrected chi connectivity index (χ4v) is 3.65. The first kappa shape index (κ1) is 13.3. The van der Waals surface area contributed by atoms with Gasteiger partial charge in [-0.1, -0.05) is 35.4 Å². The number of rotatable bonds is 2. The van der Waals surface area contributed by atoms with Crippen molar-refractivity contribution < 1.29 is 4.39 Å². The lowest BCUT2D eigenvalue weighted by Gasteiger charge is -2.12. The largest absolute Gasteiger partial charge is 0.320 e. The van der Waals surface area contributed by atoms with E-state index in [4.69, 9.17) is 5.73 Å². The molecule has 1 aromatic heterocycles. The molecule has 3 rings (SSSR count). The van der Waals surface area contributed by atoms with E-state index < -0.39 is 0 Å². The Labute approximate surface area is 121 Å². The summed E-state index contributed by atoms with van der Waals surface area (Å²) >= 11 is 1.56. The van der Waals surface area contributed by atoms with Crippen molar-refractivity contribution in [1.29, 1.82) is 0 Å². The standard InChI is InChI=1S/C17H16FNS/c1-10-5-11(2)7-13(6-10)17(19)16-8-12-3-4-14(18)9-15(12)20-16/h3-9,17H,19H2,1-2H3. The number of fused-ring (bicyclic) bond motifs is 1. The molecule has 1 heterocycles. The monoisotopic (exact) mass is 285 g/mol. The van der Waals surface area contributed by atoms with E-state index in [1.165, 1.54) is 17.2 Å². The van der Waals surface area contributed by atoms with Gasteiger partial charge in [-0.05, 0) is 43.0 Å². The predicted octanol–water partition coefficient (Wildman–Crippen LogP) is 4.71. The van der Waals surface area contributed by atoms with E-state index >= 15 is 0 Å². The first-order chi connectivity index (χ1) is 9.52. The lowest BCUT2D eigenvalue weighted by atomic mass is 10.0. The molecule has 0 saturated heterocycles. The van der Waals surface area contributed by atoms with Crippen LogP contribution in [0.25, 0.3) is 10.1 Å². The van der Waals surface area contributed by atoms with Crippen LogP contribution < -0.4 is 5.73 Å². The Hall–Kier alpha value is -1.71. The first-order valence-electron chi connectivity index (χ1n) is 6.56. The van der Waals surface area contributed by atoms with Crippen molar-refractivity contribution in [2.45, 2.75) is 19.9 Å². The molecular weight excluding hydrogens is 269 g/mol. The molecule has 0 radical (unpaired) electrons. The number of hydrogen-bond acceptors (Lipinski definition) is 2. The van der Waals surface area contributed by atoms with Gasteiger partial charge < -0.3 is 5.73 Å². The third kappa shape index (κ3) is 2.47. The highest BCUT2D eigenvalue weighted by Gasteiger charge is 2.13. The van der Waals surface area contributed by atoms with Crippen molar-refractivity contribution in [1.82, 2.24) is 0 Å². The van der Waals surface area contributed by atoms with Crippen LogP contribution in [0, 0.1) is 19.7 Å². The number of halogens is 1. The Morgan fingerprint density at radius 2 is 1.70 bits per heavy atom. The van der Waals surface area contributed by atoms with Gasteiger partial charge in [0, 0.05) is 9.58 Å². The molecule has 0 aliphatic heterocycles. The van der Waals surface area contributed by atoms with Gasteiger partial charge in [-0.2, -0.15) is 0 Å². The quantitative estimate of drug-likeness (QED) is 0.725. The summed E-state index contributed by atoms with van der Waals surface area (Å²) in [5, 5.41) is 1.05. The summed E-state index contributed by atoms with van der Waals surface area (Å²) in [6.07, 6.45) is 0. The zero-order valence-electron chi connectivity index (χ0n) is 11.5. The zero-order chi connectivity index (χ0) is 14.3. The molecule has 0 aliphatic carbocycles. The van der Waals surface area contributed by atoms with E-state index in [-0.39, 0.29) is 11.9 Å². The van der Waals surface area contributed by atoms with Crippen molar-refractivity contribution in [2.24, 2.45) is 5.73 Å². The van der Waals surface area contributed by atoms with Crippen molar-refractivity contribution in [3.8, 4) is 0 Å². The summed E-state index contributed by atoms with van der Waals surface area (Å²) in [4.78, 5) is 1.07. The maximum atomic E-state index is 13.3. The van der Waals surface area contributed by atoms with E-state index in [0.717, 1.165) is 20.5 Å². The van der Waals surface area contributed by atoms with E-state index in [2.05, 4.69) is 38.1 Å². The van der Waals surface area contributed by atoms with Gasteiger partial charge in [-0.3, -0.25) is 0 Å². The van der Waals surface area contributed by atoms with Gasteiger partial charge in [0.2, 0.25) is 0 Å². The summed E-state index contributed by atoms with van der Waals surface area (Å²) in [5.74, 6) is -0.203. The van der Waals surface area contributed by atoms with Crippen LogP contribution in [0.5, 0.6) is 0 Å². The maximum Gasteiger partial charge on any atom is 0.124 e. The Kier molecular flexibility index (Phi) is 3.32. The van der Waals surface area contributed by atoms with Crippen molar-refractivity contribution >= 4 is 21.4 Å². The van der Waals surface area contributed by atoms with Crippen molar-refractivity contribution in [3.63, 3.8) is 0 Å². The summed E-state index contributed by atoms with van der Waals surface area (Å²) in [7, 11) is 0. The van der Waals surface area contributed by atoms with Crippen LogP contribution >= 0.6 is 11.3 Å². The molecule has 0 bridgehead atoms. The average molecular weight is 285 g/mol. The second kappa shape index (κ2) is 5.00. The minimum absolute atomic E-state index is 0.158. The molecule has 2 N–H and O–H groups in total. The molecule has 1 nitrogen and oxygen atoms in total. The average Bonchev–Trinajstić information content (AvgIpc) is 2.79. The molecule has 0 fully saturated rings. The van der Waals surface area contributed by atoms with Gasteiger partial charge in [0.25, 0.3) is 0 Å². The van der Waals surface area contributed by atoms with E-state index in [0.29, 0.717) is 0 Å². The highest BCUT2D eigenvalue weighted by molar-refractivity contribution is 7.19. The Bertz CT molecular complexity index is 756. The first-order valence-corrected chi connectivity index (χ1v) is 7.37. The fraction of sp³-hybridized carbons (Fsp3) is 0.176. The molecule has 1 unspecified atom stereocenters. The van der Waals surface area contributed by atoms with Gasteiger partial charge in [0.15, 0.2) is 0 Å². The second-order valence-corrected chi connectivity index (χ2v) is 6.34. The molecule has 0 aliphatic rings. The molecule has 0 spiro atoms. The van der Waals surface area contributed by atoms with Crippen LogP contribution in [0.4, 0.5) is 4.39 Å². The Balaban J connectivity index is 2.05. The number of nitrogens with two attached hydrogens (primary N) is 1. The smallest absolute Gasteiger partial charge is 0.124 e. The van der Waals surface area contributed by atoms with E-state index in [1.807, 2.05) is 0 Å². The van der Waals surface area contributed by atoms with Crippen LogP contribution in [0.1, 0.15) is 27.6 Å². The van der Waals surface area contributed by atoms with Crippen molar-refractivity contribution in [3.05, 3.63) is 69.8 Å². The molecule has 1 atom stereocenters. The van der Waals surface area contributed by atoms with E-state index in [9.17, 15) is 4.39 Å². The zero-order valence-corrected chi connectivity index (χ0v) is 12.3. The minimum Gasteiger partial charge on any atom is -0.320 e. The molecule has 3 heteroatoms.